The molecule has 1 aromatic heterocycles. The standard InChI is InChI=1S/C9H11N3OS/c1-9(2,6-10)8(13)12-5-7-11-3-4-14-7/h3-4H,5H2,1-2H3,(H,12,13). The third-order valence-electron chi connectivity index (χ3n) is 1.73. The molecule has 0 unspecified atom stereocenters. The fraction of sp³-hybridized carbons (Fsp3) is 0.444. The van der Waals surface area contributed by atoms with Crippen molar-refractivity contribution >= 4 is 17.2 Å². The molecule has 1 amide bonds. The van der Waals surface area contributed by atoms with E-state index in [-0.39, 0.29) is 5.91 Å². The normalized spacial score (nSPS) is 10.6. The predicted octanol–water partition coefficient (Wildman–Crippen LogP) is 1.31. The summed E-state index contributed by atoms with van der Waals surface area (Å²) in [6.45, 7) is 3.57. The molecule has 4 nitrogen and oxygen atoms in total. The Bertz CT molecular complexity index is 351. The van der Waals surface area contributed by atoms with Crippen molar-refractivity contribution in [2.24, 2.45) is 5.41 Å². The van der Waals surface area contributed by atoms with Crippen molar-refractivity contribution in [2.45, 2.75) is 20.4 Å². The average Bonchev–Trinajstić information content (AvgIpc) is 2.66. The number of carbonyl (C=O) groups is 1. The first-order valence-corrected chi connectivity index (χ1v) is 5.02. The van der Waals surface area contributed by atoms with Crippen LogP contribution in [0.1, 0.15) is 18.9 Å². The van der Waals surface area contributed by atoms with Crippen LogP contribution in [0.2, 0.25) is 0 Å². The molecular weight excluding hydrogens is 198 g/mol. The number of carbonyl (C=O) groups excluding carboxylic acids is 1. The van der Waals surface area contributed by atoms with E-state index in [1.54, 1.807) is 20.0 Å². The summed E-state index contributed by atoms with van der Waals surface area (Å²) in [5, 5.41) is 14.0. The van der Waals surface area contributed by atoms with E-state index in [0.717, 1.165) is 5.01 Å². The van der Waals surface area contributed by atoms with Crippen molar-refractivity contribution in [3.63, 3.8) is 0 Å². The van der Waals surface area contributed by atoms with Crippen LogP contribution in [-0.2, 0) is 11.3 Å². The molecule has 0 aliphatic carbocycles. The van der Waals surface area contributed by atoms with E-state index in [1.165, 1.54) is 11.3 Å². The van der Waals surface area contributed by atoms with E-state index in [9.17, 15) is 4.79 Å². The Morgan fingerprint density at radius 3 is 3.00 bits per heavy atom. The highest BCUT2D eigenvalue weighted by Crippen LogP contribution is 2.13. The zero-order valence-electron chi connectivity index (χ0n) is 8.07. The topological polar surface area (TPSA) is 65.8 Å². The summed E-state index contributed by atoms with van der Waals surface area (Å²) in [6, 6.07) is 1.94. The molecular formula is C9H11N3OS. The van der Waals surface area contributed by atoms with Gasteiger partial charge in [0, 0.05) is 11.6 Å². The number of hydrogen-bond donors (Lipinski definition) is 1. The van der Waals surface area contributed by atoms with Crippen LogP contribution in [0.4, 0.5) is 0 Å². The second-order valence-corrected chi connectivity index (χ2v) is 4.32. The van der Waals surface area contributed by atoms with Crippen LogP contribution in [0.15, 0.2) is 11.6 Å². The monoisotopic (exact) mass is 209 g/mol. The first-order valence-electron chi connectivity index (χ1n) is 4.14. The largest absolute Gasteiger partial charge is 0.348 e. The van der Waals surface area contributed by atoms with Gasteiger partial charge in [-0.05, 0) is 13.8 Å². The third-order valence-corrected chi connectivity index (χ3v) is 2.51. The van der Waals surface area contributed by atoms with Crippen LogP contribution < -0.4 is 5.32 Å². The molecule has 5 heteroatoms. The van der Waals surface area contributed by atoms with E-state index < -0.39 is 5.41 Å². The van der Waals surface area contributed by atoms with Gasteiger partial charge in [0.05, 0.1) is 12.6 Å². The Balaban J connectivity index is 2.48. The summed E-state index contributed by atoms with van der Waals surface area (Å²) in [5.74, 6) is -0.268. The summed E-state index contributed by atoms with van der Waals surface area (Å²) >= 11 is 1.47. The van der Waals surface area contributed by atoms with E-state index in [4.69, 9.17) is 5.26 Å². The smallest absolute Gasteiger partial charge is 0.240 e. The molecule has 0 aliphatic rings. The van der Waals surface area contributed by atoms with Gasteiger partial charge in [0.2, 0.25) is 5.91 Å². The van der Waals surface area contributed by atoms with Crippen LogP contribution in [0, 0.1) is 16.7 Å². The van der Waals surface area contributed by atoms with Crippen LogP contribution >= 0.6 is 11.3 Å². The minimum Gasteiger partial charge on any atom is -0.348 e. The second-order valence-electron chi connectivity index (χ2n) is 3.35. The molecule has 1 N–H and O–H groups in total. The molecule has 0 fully saturated rings. The van der Waals surface area contributed by atoms with E-state index in [0.29, 0.717) is 6.54 Å². The zero-order chi connectivity index (χ0) is 10.6. The molecule has 0 saturated carbocycles. The Kier molecular flexibility index (Phi) is 3.20. The second kappa shape index (κ2) is 4.20. The number of nitriles is 1. The van der Waals surface area contributed by atoms with Gasteiger partial charge in [0.25, 0.3) is 0 Å². The number of hydrogen-bond acceptors (Lipinski definition) is 4. The molecule has 0 bridgehead atoms. The SMILES string of the molecule is CC(C)(C#N)C(=O)NCc1nccs1. The number of amides is 1. The number of nitrogens with one attached hydrogen (secondary N) is 1. The van der Waals surface area contributed by atoms with Crippen molar-refractivity contribution in [3.8, 4) is 6.07 Å². The lowest BCUT2D eigenvalue weighted by atomic mass is 9.95. The fourth-order valence-electron chi connectivity index (χ4n) is 0.768. The maximum absolute atomic E-state index is 11.4. The summed E-state index contributed by atoms with van der Waals surface area (Å²) in [4.78, 5) is 15.5. The Morgan fingerprint density at radius 1 is 1.79 bits per heavy atom. The summed E-state index contributed by atoms with van der Waals surface area (Å²) < 4.78 is 0. The minimum atomic E-state index is -0.975. The maximum Gasteiger partial charge on any atom is 0.240 e. The van der Waals surface area contributed by atoms with Gasteiger partial charge in [-0.15, -0.1) is 11.3 Å². The van der Waals surface area contributed by atoms with Gasteiger partial charge < -0.3 is 5.32 Å². The molecule has 0 radical (unpaired) electrons. The lowest BCUT2D eigenvalue weighted by Gasteiger charge is -2.13. The molecule has 0 saturated heterocycles. The van der Waals surface area contributed by atoms with Crippen molar-refractivity contribution < 1.29 is 4.79 Å². The van der Waals surface area contributed by atoms with Crippen LogP contribution in [0.25, 0.3) is 0 Å². The highest BCUT2D eigenvalue weighted by atomic mass is 32.1. The van der Waals surface area contributed by atoms with E-state index in [2.05, 4.69) is 10.3 Å². The number of rotatable bonds is 3. The van der Waals surface area contributed by atoms with Crippen LogP contribution in [0.5, 0.6) is 0 Å². The molecule has 0 atom stereocenters. The van der Waals surface area contributed by atoms with Gasteiger partial charge in [-0.1, -0.05) is 0 Å². The molecule has 0 aromatic carbocycles. The van der Waals surface area contributed by atoms with E-state index in [1.807, 2.05) is 11.4 Å². The molecule has 1 aromatic rings. The molecule has 0 aliphatic heterocycles. The zero-order valence-corrected chi connectivity index (χ0v) is 8.89. The van der Waals surface area contributed by atoms with Crippen LogP contribution in [0.3, 0.4) is 0 Å². The van der Waals surface area contributed by atoms with Gasteiger partial charge in [-0.2, -0.15) is 5.26 Å². The van der Waals surface area contributed by atoms with Crippen molar-refractivity contribution in [3.05, 3.63) is 16.6 Å². The predicted molar refractivity (Wildman–Crippen MR) is 53.4 cm³/mol. The lowest BCUT2D eigenvalue weighted by molar-refractivity contribution is -0.126. The highest BCUT2D eigenvalue weighted by Gasteiger charge is 2.26. The maximum atomic E-state index is 11.4. The minimum absolute atomic E-state index is 0.268. The Hall–Kier alpha value is -1.41. The molecule has 14 heavy (non-hydrogen) atoms. The molecule has 1 rings (SSSR count). The number of nitrogens with zero attached hydrogens (tertiary/aromatic N) is 2. The Morgan fingerprint density at radius 2 is 2.50 bits per heavy atom. The quantitative estimate of drug-likeness (QED) is 0.816. The molecule has 1 heterocycles. The first kappa shape index (κ1) is 10.7. The van der Waals surface area contributed by atoms with Crippen molar-refractivity contribution in [1.82, 2.24) is 10.3 Å². The average molecular weight is 209 g/mol. The number of aromatic nitrogens is 1. The lowest BCUT2D eigenvalue weighted by Crippen LogP contribution is -2.35. The van der Waals surface area contributed by atoms with Gasteiger partial charge >= 0.3 is 0 Å². The first-order chi connectivity index (χ1) is 6.56. The number of thiazole rings is 1. The summed E-state index contributed by atoms with van der Waals surface area (Å²) in [5.41, 5.74) is -0.975. The van der Waals surface area contributed by atoms with Gasteiger partial charge in [-0.25, -0.2) is 4.98 Å². The summed E-state index contributed by atoms with van der Waals surface area (Å²) in [7, 11) is 0. The van der Waals surface area contributed by atoms with Crippen molar-refractivity contribution in [2.75, 3.05) is 0 Å². The van der Waals surface area contributed by atoms with Gasteiger partial charge in [-0.3, -0.25) is 4.79 Å². The third kappa shape index (κ3) is 2.54. The van der Waals surface area contributed by atoms with Crippen molar-refractivity contribution in [1.29, 1.82) is 5.26 Å². The van der Waals surface area contributed by atoms with Crippen LogP contribution in [-0.4, -0.2) is 10.9 Å². The van der Waals surface area contributed by atoms with Gasteiger partial charge in [0.15, 0.2) is 0 Å². The highest BCUT2D eigenvalue weighted by molar-refractivity contribution is 7.09. The molecule has 0 spiro atoms. The van der Waals surface area contributed by atoms with Gasteiger partial charge in [0.1, 0.15) is 10.4 Å². The van der Waals surface area contributed by atoms with E-state index >= 15 is 0 Å². The summed E-state index contributed by atoms with van der Waals surface area (Å²) in [6.07, 6.45) is 1.68. The Labute approximate surface area is 86.6 Å². The fourth-order valence-corrected chi connectivity index (χ4v) is 1.32. The molecule has 74 valence electrons.